The zero-order chi connectivity index (χ0) is 16.1. The van der Waals surface area contributed by atoms with Gasteiger partial charge < -0.3 is 9.47 Å². The molecule has 0 amide bonds. The molecule has 1 saturated heterocycles. The number of cyclic esters (lactones) is 1. The minimum absolute atomic E-state index is 0.101. The van der Waals surface area contributed by atoms with E-state index in [1.165, 1.54) is 0 Å². The van der Waals surface area contributed by atoms with Crippen LogP contribution >= 0.6 is 11.3 Å². The number of thiophene rings is 1. The standard InChI is InChI=1S/C15H14N2O5S/c1-7-10-12(16-9-3-2-5-17(9)13(10)18)23-11(7)15(20)22-8-4-6-21-14(8)19/h8H,2-6H2,1H3. The van der Waals surface area contributed by atoms with Crippen LogP contribution in [0.2, 0.25) is 0 Å². The molecule has 0 saturated carbocycles. The molecule has 0 aromatic carbocycles. The highest BCUT2D eigenvalue weighted by Crippen LogP contribution is 2.29. The number of rotatable bonds is 2. The fraction of sp³-hybridized carbons (Fsp3) is 0.467. The van der Waals surface area contributed by atoms with Crippen molar-refractivity contribution in [1.29, 1.82) is 0 Å². The van der Waals surface area contributed by atoms with Crippen molar-refractivity contribution in [3.05, 3.63) is 26.6 Å². The third-order valence-electron chi connectivity index (χ3n) is 4.23. The molecule has 1 atom stereocenters. The van der Waals surface area contributed by atoms with Crippen LogP contribution in [-0.4, -0.2) is 34.2 Å². The molecule has 2 aliphatic heterocycles. The van der Waals surface area contributed by atoms with Crippen LogP contribution in [0.3, 0.4) is 0 Å². The van der Waals surface area contributed by atoms with Crippen molar-refractivity contribution in [3.8, 4) is 0 Å². The second-order valence-electron chi connectivity index (χ2n) is 5.67. The maximum Gasteiger partial charge on any atom is 0.349 e. The number of carbonyl (C=O) groups excluding carboxylic acids is 2. The summed E-state index contributed by atoms with van der Waals surface area (Å²) in [6.07, 6.45) is 1.20. The second-order valence-corrected chi connectivity index (χ2v) is 6.67. The lowest BCUT2D eigenvalue weighted by Gasteiger charge is -2.07. The van der Waals surface area contributed by atoms with Crippen molar-refractivity contribution in [2.75, 3.05) is 6.61 Å². The molecular weight excluding hydrogens is 320 g/mol. The van der Waals surface area contributed by atoms with E-state index in [9.17, 15) is 14.4 Å². The van der Waals surface area contributed by atoms with E-state index in [-0.39, 0.29) is 12.2 Å². The molecule has 4 rings (SSSR count). The predicted octanol–water partition coefficient (Wildman–Crippen LogP) is 1.18. The first-order chi connectivity index (χ1) is 11.1. The highest BCUT2D eigenvalue weighted by Gasteiger charge is 2.32. The van der Waals surface area contributed by atoms with E-state index in [2.05, 4.69) is 4.98 Å². The lowest BCUT2D eigenvalue weighted by molar-refractivity contribution is -0.145. The van der Waals surface area contributed by atoms with E-state index in [1.807, 2.05) is 0 Å². The summed E-state index contributed by atoms with van der Waals surface area (Å²) >= 11 is 1.15. The van der Waals surface area contributed by atoms with Gasteiger partial charge in [-0.2, -0.15) is 0 Å². The molecule has 0 aliphatic carbocycles. The van der Waals surface area contributed by atoms with Gasteiger partial charge >= 0.3 is 11.9 Å². The summed E-state index contributed by atoms with van der Waals surface area (Å²) in [4.78, 5) is 41.7. The molecule has 2 aromatic rings. The van der Waals surface area contributed by atoms with Crippen LogP contribution in [-0.2, 0) is 27.2 Å². The highest BCUT2D eigenvalue weighted by molar-refractivity contribution is 7.20. The summed E-state index contributed by atoms with van der Waals surface area (Å²) in [5.74, 6) is -0.351. The average Bonchev–Trinajstić information content (AvgIpc) is 3.20. The van der Waals surface area contributed by atoms with Crippen molar-refractivity contribution < 1.29 is 19.1 Å². The van der Waals surface area contributed by atoms with Gasteiger partial charge in [-0.15, -0.1) is 11.3 Å². The van der Waals surface area contributed by atoms with Crippen molar-refractivity contribution in [2.24, 2.45) is 0 Å². The molecule has 0 bridgehead atoms. The smallest absolute Gasteiger partial charge is 0.349 e. The van der Waals surface area contributed by atoms with E-state index >= 15 is 0 Å². The fourth-order valence-electron chi connectivity index (χ4n) is 3.04. The Kier molecular flexibility index (Phi) is 3.22. The first kappa shape index (κ1) is 14.4. The maximum atomic E-state index is 12.6. The number of aromatic nitrogens is 2. The maximum absolute atomic E-state index is 12.6. The molecule has 0 N–H and O–H groups in total. The Hall–Kier alpha value is -2.22. The van der Waals surface area contributed by atoms with Gasteiger partial charge in [0.15, 0.2) is 0 Å². The van der Waals surface area contributed by atoms with Gasteiger partial charge in [0, 0.05) is 19.4 Å². The molecule has 120 valence electrons. The number of aryl methyl sites for hydroxylation is 2. The van der Waals surface area contributed by atoms with Crippen molar-refractivity contribution in [1.82, 2.24) is 9.55 Å². The van der Waals surface area contributed by atoms with E-state index in [1.54, 1.807) is 11.5 Å². The minimum Gasteiger partial charge on any atom is -0.463 e. The fourth-order valence-corrected chi connectivity index (χ4v) is 4.11. The molecule has 0 spiro atoms. The third kappa shape index (κ3) is 2.16. The van der Waals surface area contributed by atoms with E-state index < -0.39 is 18.0 Å². The number of hydrogen-bond donors (Lipinski definition) is 0. The zero-order valence-electron chi connectivity index (χ0n) is 12.5. The Morgan fingerprint density at radius 1 is 1.43 bits per heavy atom. The van der Waals surface area contributed by atoms with Crippen LogP contribution < -0.4 is 5.56 Å². The Balaban J connectivity index is 1.75. The van der Waals surface area contributed by atoms with Gasteiger partial charge in [-0.05, 0) is 18.9 Å². The molecule has 1 fully saturated rings. The van der Waals surface area contributed by atoms with Crippen molar-refractivity contribution in [3.63, 3.8) is 0 Å². The molecule has 1 unspecified atom stereocenters. The van der Waals surface area contributed by atoms with Gasteiger partial charge in [-0.3, -0.25) is 9.36 Å². The van der Waals surface area contributed by atoms with Gasteiger partial charge in [-0.25, -0.2) is 14.6 Å². The molecule has 23 heavy (non-hydrogen) atoms. The summed E-state index contributed by atoms with van der Waals surface area (Å²) in [6.45, 7) is 2.64. The summed E-state index contributed by atoms with van der Waals surface area (Å²) < 4.78 is 11.7. The minimum atomic E-state index is -0.855. The Morgan fingerprint density at radius 3 is 3.00 bits per heavy atom. The Morgan fingerprint density at radius 2 is 2.26 bits per heavy atom. The van der Waals surface area contributed by atoms with Gasteiger partial charge in [0.25, 0.3) is 5.56 Å². The highest BCUT2D eigenvalue weighted by atomic mass is 32.1. The largest absolute Gasteiger partial charge is 0.463 e. The number of hydrogen-bond acceptors (Lipinski definition) is 7. The SMILES string of the molecule is Cc1c(C(=O)OC2CCOC2=O)sc2nc3n(c(=O)c12)CCC3. The van der Waals surface area contributed by atoms with Gasteiger partial charge in [0.1, 0.15) is 15.5 Å². The van der Waals surface area contributed by atoms with Crippen LogP contribution in [0.15, 0.2) is 4.79 Å². The zero-order valence-corrected chi connectivity index (χ0v) is 13.3. The number of carbonyl (C=O) groups is 2. The average molecular weight is 334 g/mol. The molecule has 2 aliphatic rings. The second kappa shape index (κ2) is 5.16. The number of ether oxygens (including phenoxy) is 2. The van der Waals surface area contributed by atoms with Gasteiger partial charge in [0.2, 0.25) is 6.10 Å². The summed E-state index contributed by atoms with van der Waals surface area (Å²) in [6, 6.07) is 0. The summed E-state index contributed by atoms with van der Waals surface area (Å²) in [7, 11) is 0. The summed E-state index contributed by atoms with van der Waals surface area (Å²) in [5.41, 5.74) is 0.469. The monoisotopic (exact) mass is 334 g/mol. The van der Waals surface area contributed by atoms with Crippen molar-refractivity contribution >= 4 is 33.5 Å². The lowest BCUT2D eigenvalue weighted by atomic mass is 10.2. The molecule has 2 aromatic heterocycles. The lowest BCUT2D eigenvalue weighted by Crippen LogP contribution is -2.23. The molecule has 8 heteroatoms. The Labute approximate surface area is 134 Å². The third-order valence-corrected chi connectivity index (χ3v) is 5.40. The van der Waals surface area contributed by atoms with E-state index in [0.29, 0.717) is 33.6 Å². The topological polar surface area (TPSA) is 87.5 Å². The molecule has 4 heterocycles. The van der Waals surface area contributed by atoms with Crippen LogP contribution in [0.25, 0.3) is 10.2 Å². The van der Waals surface area contributed by atoms with Crippen molar-refractivity contribution in [2.45, 2.75) is 38.8 Å². The van der Waals surface area contributed by atoms with Crippen LogP contribution in [0.1, 0.15) is 33.9 Å². The quantitative estimate of drug-likeness (QED) is 0.767. The molecule has 7 nitrogen and oxygen atoms in total. The first-order valence-electron chi connectivity index (χ1n) is 7.46. The van der Waals surface area contributed by atoms with E-state index in [0.717, 1.165) is 30.0 Å². The normalized spacial score (nSPS) is 19.9. The van der Waals surface area contributed by atoms with Crippen LogP contribution in [0.4, 0.5) is 0 Å². The van der Waals surface area contributed by atoms with Crippen LogP contribution in [0.5, 0.6) is 0 Å². The molecular formula is C15H14N2O5S. The number of fused-ring (bicyclic) bond motifs is 2. The van der Waals surface area contributed by atoms with Gasteiger partial charge in [-0.1, -0.05) is 0 Å². The van der Waals surface area contributed by atoms with E-state index in [4.69, 9.17) is 9.47 Å². The first-order valence-corrected chi connectivity index (χ1v) is 8.28. The number of nitrogens with zero attached hydrogens (tertiary/aromatic N) is 2. The van der Waals surface area contributed by atoms with Crippen LogP contribution in [0, 0.1) is 6.92 Å². The van der Waals surface area contributed by atoms with Gasteiger partial charge in [0.05, 0.1) is 12.0 Å². The Bertz CT molecular complexity index is 897. The summed E-state index contributed by atoms with van der Waals surface area (Å²) in [5, 5.41) is 0.474. The predicted molar refractivity (Wildman–Crippen MR) is 81.7 cm³/mol. The molecule has 0 radical (unpaired) electrons. The number of esters is 2.